The molecule has 0 aromatic carbocycles. The Morgan fingerprint density at radius 1 is 1.39 bits per heavy atom. The number of amides is 1. The first-order valence-corrected chi connectivity index (χ1v) is 7.27. The monoisotopic (exact) mass is 255 g/mol. The highest BCUT2D eigenvalue weighted by atomic mass is 16.1. The Bertz CT molecular complexity index is 249. The number of nitrogens with one attached hydrogen (secondary N) is 1. The number of hydrogen-bond donors (Lipinski definition) is 2. The summed E-state index contributed by atoms with van der Waals surface area (Å²) < 4.78 is 0. The first kappa shape index (κ1) is 15.4. The van der Waals surface area contributed by atoms with Gasteiger partial charge in [0.15, 0.2) is 0 Å². The SMILES string of the molecule is CCCNC1CCC(N(C)CC(C)C(N)=O)CC1. The molecule has 0 aliphatic heterocycles. The number of hydrogen-bond acceptors (Lipinski definition) is 3. The van der Waals surface area contributed by atoms with Crippen molar-refractivity contribution < 1.29 is 4.79 Å². The van der Waals surface area contributed by atoms with E-state index in [1.165, 1.54) is 32.1 Å². The number of nitrogens with two attached hydrogens (primary N) is 1. The van der Waals surface area contributed by atoms with Crippen molar-refractivity contribution in [2.45, 2.75) is 58.0 Å². The highest BCUT2D eigenvalue weighted by molar-refractivity contribution is 5.76. The third-order valence-corrected chi connectivity index (χ3v) is 4.05. The van der Waals surface area contributed by atoms with Crippen molar-refractivity contribution in [2.24, 2.45) is 11.7 Å². The van der Waals surface area contributed by atoms with Gasteiger partial charge in [-0.2, -0.15) is 0 Å². The molecule has 1 fully saturated rings. The number of primary amides is 1. The molecule has 0 radical (unpaired) electrons. The van der Waals surface area contributed by atoms with Gasteiger partial charge in [-0.05, 0) is 45.7 Å². The van der Waals surface area contributed by atoms with Crippen molar-refractivity contribution in [1.82, 2.24) is 10.2 Å². The van der Waals surface area contributed by atoms with E-state index in [0.717, 1.165) is 13.1 Å². The zero-order chi connectivity index (χ0) is 13.5. The van der Waals surface area contributed by atoms with Gasteiger partial charge in [0.25, 0.3) is 0 Å². The molecule has 1 saturated carbocycles. The zero-order valence-corrected chi connectivity index (χ0v) is 12.1. The van der Waals surface area contributed by atoms with Gasteiger partial charge in [-0.25, -0.2) is 0 Å². The van der Waals surface area contributed by atoms with Crippen molar-refractivity contribution in [3.63, 3.8) is 0 Å². The van der Waals surface area contributed by atoms with E-state index in [1.807, 2.05) is 6.92 Å². The van der Waals surface area contributed by atoms with Crippen LogP contribution < -0.4 is 11.1 Å². The van der Waals surface area contributed by atoms with Gasteiger partial charge in [0, 0.05) is 24.5 Å². The van der Waals surface area contributed by atoms with Crippen molar-refractivity contribution in [3.8, 4) is 0 Å². The minimum atomic E-state index is -0.194. The average molecular weight is 255 g/mol. The maximum Gasteiger partial charge on any atom is 0.221 e. The summed E-state index contributed by atoms with van der Waals surface area (Å²) in [7, 11) is 2.11. The molecule has 1 unspecified atom stereocenters. The minimum Gasteiger partial charge on any atom is -0.369 e. The van der Waals surface area contributed by atoms with E-state index in [2.05, 4.69) is 24.2 Å². The lowest BCUT2D eigenvalue weighted by Crippen LogP contribution is -2.43. The lowest BCUT2D eigenvalue weighted by Gasteiger charge is -2.35. The van der Waals surface area contributed by atoms with E-state index in [9.17, 15) is 4.79 Å². The van der Waals surface area contributed by atoms with E-state index < -0.39 is 0 Å². The van der Waals surface area contributed by atoms with Gasteiger partial charge in [0.1, 0.15) is 0 Å². The third-order valence-electron chi connectivity index (χ3n) is 4.05. The Morgan fingerprint density at radius 3 is 2.50 bits per heavy atom. The maximum atomic E-state index is 11.1. The molecule has 18 heavy (non-hydrogen) atoms. The van der Waals surface area contributed by atoms with Gasteiger partial charge in [0.05, 0.1) is 0 Å². The molecule has 1 rings (SSSR count). The van der Waals surface area contributed by atoms with Crippen molar-refractivity contribution in [3.05, 3.63) is 0 Å². The van der Waals surface area contributed by atoms with Crippen LogP contribution >= 0.6 is 0 Å². The molecule has 0 aromatic rings. The van der Waals surface area contributed by atoms with E-state index in [1.54, 1.807) is 0 Å². The minimum absolute atomic E-state index is 0.0501. The molecular formula is C14H29N3O. The summed E-state index contributed by atoms with van der Waals surface area (Å²) in [5.41, 5.74) is 5.32. The van der Waals surface area contributed by atoms with Crippen molar-refractivity contribution in [1.29, 1.82) is 0 Å². The molecule has 0 aromatic heterocycles. The summed E-state index contributed by atoms with van der Waals surface area (Å²) in [6.07, 6.45) is 6.16. The number of carbonyl (C=O) groups is 1. The molecule has 1 amide bonds. The lowest BCUT2D eigenvalue weighted by atomic mass is 9.90. The molecule has 106 valence electrons. The number of nitrogens with zero attached hydrogens (tertiary/aromatic N) is 1. The molecule has 0 heterocycles. The van der Waals surface area contributed by atoms with E-state index in [-0.39, 0.29) is 11.8 Å². The van der Waals surface area contributed by atoms with Crippen LogP contribution in [0.25, 0.3) is 0 Å². The Balaban J connectivity index is 2.27. The average Bonchev–Trinajstić information content (AvgIpc) is 2.36. The first-order valence-electron chi connectivity index (χ1n) is 7.27. The Labute approximate surface area is 111 Å². The number of carbonyl (C=O) groups excluding carboxylic acids is 1. The highest BCUT2D eigenvalue weighted by Crippen LogP contribution is 2.23. The van der Waals surface area contributed by atoms with Crippen molar-refractivity contribution >= 4 is 5.91 Å². The van der Waals surface area contributed by atoms with E-state index >= 15 is 0 Å². The molecule has 0 spiro atoms. The smallest absolute Gasteiger partial charge is 0.221 e. The zero-order valence-electron chi connectivity index (χ0n) is 12.1. The van der Waals surface area contributed by atoms with Crippen LogP contribution in [-0.2, 0) is 4.79 Å². The molecule has 3 N–H and O–H groups in total. The molecule has 1 aliphatic carbocycles. The molecule has 1 atom stereocenters. The summed E-state index contributed by atoms with van der Waals surface area (Å²) in [4.78, 5) is 13.4. The van der Waals surface area contributed by atoms with Crippen LogP contribution in [0, 0.1) is 5.92 Å². The van der Waals surface area contributed by atoms with Gasteiger partial charge in [-0.15, -0.1) is 0 Å². The summed E-state index contributed by atoms with van der Waals surface area (Å²) in [6, 6.07) is 1.31. The lowest BCUT2D eigenvalue weighted by molar-refractivity contribution is -0.122. The fraction of sp³-hybridized carbons (Fsp3) is 0.929. The van der Waals surface area contributed by atoms with Crippen LogP contribution in [0.4, 0.5) is 0 Å². The molecule has 0 bridgehead atoms. The van der Waals surface area contributed by atoms with Crippen LogP contribution in [-0.4, -0.2) is 43.0 Å². The number of rotatable bonds is 7. The summed E-state index contributed by atoms with van der Waals surface area (Å²) in [5, 5.41) is 3.60. The standard InChI is InChI=1S/C14H29N3O/c1-4-9-16-12-5-7-13(8-6-12)17(3)10-11(2)14(15)18/h11-13,16H,4-10H2,1-3H3,(H2,15,18). The van der Waals surface area contributed by atoms with Gasteiger partial charge in [-0.1, -0.05) is 13.8 Å². The molecule has 4 nitrogen and oxygen atoms in total. The second-order valence-corrected chi connectivity index (χ2v) is 5.70. The van der Waals surface area contributed by atoms with Gasteiger partial charge >= 0.3 is 0 Å². The molecule has 4 heteroatoms. The quantitative estimate of drug-likeness (QED) is 0.722. The van der Waals surface area contributed by atoms with Crippen LogP contribution in [0.2, 0.25) is 0 Å². The molecule has 1 aliphatic rings. The van der Waals surface area contributed by atoms with Crippen LogP contribution in [0.1, 0.15) is 46.0 Å². The van der Waals surface area contributed by atoms with Crippen LogP contribution in [0.5, 0.6) is 0 Å². The molecular weight excluding hydrogens is 226 g/mol. The predicted molar refractivity (Wildman–Crippen MR) is 75.3 cm³/mol. The Morgan fingerprint density at radius 2 is 2.00 bits per heavy atom. The topological polar surface area (TPSA) is 58.4 Å². The first-order chi connectivity index (χ1) is 8.54. The fourth-order valence-electron chi connectivity index (χ4n) is 2.74. The maximum absolute atomic E-state index is 11.1. The summed E-state index contributed by atoms with van der Waals surface area (Å²) >= 11 is 0. The van der Waals surface area contributed by atoms with Crippen molar-refractivity contribution in [2.75, 3.05) is 20.1 Å². The van der Waals surface area contributed by atoms with Crippen LogP contribution in [0.15, 0.2) is 0 Å². The second kappa shape index (κ2) is 7.74. The van der Waals surface area contributed by atoms with Gasteiger partial charge in [0.2, 0.25) is 5.91 Å². The van der Waals surface area contributed by atoms with Gasteiger partial charge < -0.3 is 16.0 Å². The largest absolute Gasteiger partial charge is 0.369 e. The second-order valence-electron chi connectivity index (χ2n) is 5.70. The summed E-state index contributed by atoms with van der Waals surface area (Å²) in [5.74, 6) is -0.244. The fourth-order valence-corrected chi connectivity index (χ4v) is 2.74. The van der Waals surface area contributed by atoms with E-state index in [4.69, 9.17) is 5.73 Å². The van der Waals surface area contributed by atoms with E-state index in [0.29, 0.717) is 12.1 Å². The highest BCUT2D eigenvalue weighted by Gasteiger charge is 2.25. The predicted octanol–water partition coefficient (Wildman–Crippen LogP) is 1.35. The van der Waals surface area contributed by atoms with Crippen LogP contribution in [0.3, 0.4) is 0 Å². The Hall–Kier alpha value is -0.610. The third kappa shape index (κ3) is 4.94. The van der Waals surface area contributed by atoms with Gasteiger partial charge in [-0.3, -0.25) is 4.79 Å². The molecule has 0 saturated heterocycles. The normalized spacial score (nSPS) is 26.2. The summed E-state index contributed by atoms with van der Waals surface area (Å²) in [6.45, 7) is 6.03. The Kier molecular flexibility index (Phi) is 6.65.